The van der Waals surface area contributed by atoms with Crippen molar-refractivity contribution in [1.29, 1.82) is 0 Å². The molecular formula is C25H29N3O2. The summed E-state index contributed by atoms with van der Waals surface area (Å²) in [6.45, 7) is 6.53. The maximum absolute atomic E-state index is 13.0. The number of nitrogens with zero attached hydrogens (tertiary/aromatic N) is 2. The average molecular weight is 404 g/mol. The Morgan fingerprint density at radius 2 is 1.63 bits per heavy atom. The Hall–Kier alpha value is -3.08. The standard InChI is InChI=1S/C25H29N3O2/c1-18-19(2)26-23-12-11-21(17-22(18)23)25(30)28-15-13-27(14-16-28)24(29)10-6-9-20-7-4-3-5-8-20/h3-5,7-8,11-12,17,26H,6,9-10,13-16H2,1-2H3. The zero-order valence-corrected chi connectivity index (χ0v) is 17.8. The molecular weight excluding hydrogens is 374 g/mol. The van der Waals surface area contributed by atoms with Crippen molar-refractivity contribution >= 4 is 22.7 Å². The Bertz CT molecular complexity index is 1050. The smallest absolute Gasteiger partial charge is 0.253 e. The number of carbonyl (C=O) groups is 2. The second-order valence-corrected chi connectivity index (χ2v) is 8.15. The monoisotopic (exact) mass is 403 g/mol. The first-order valence-electron chi connectivity index (χ1n) is 10.7. The number of benzene rings is 2. The van der Waals surface area contributed by atoms with Crippen LogP contribution < -0.4 is 0 Å². The topological polar surface area (TPSA) is 56.4 Å². The summed E-state index contributed by atoms with van der Waals surface area (Å²) in [5, 5.41) is 1.10. The first kappa shape index (κ1) is 20.2. The van der Waals surface area contributed by atoms with Crippen molar-refractivity contribution in [2.75, 3.05) is 26.2 Å². The van der Waals surface area contributed by atoms with Gasteiger partial charge in [0.2, 0.25) is 5.91 Å². The number of hydrogen-bond donors (Lipinski definition) is 1. The number of piperazine rings is 1. The van der Waals surface area contributed by atoms with Crippen LogP contribution in [-0.2, 0) is 11.2 Å². The summed E-state index contributed by atoms with van der Waals surface area (Å²) < 4.78 is 0. The van der Waals surface area contributed by atoms with Gasteiger partial charge in [0, 0.05) is 54.8 Å². The number of nitrogens with one attached hydrogen (secondary N) is 1. The molecule has 0 atom stereocenters. The largest absolute Gasteiger partial charge is 0.358 e. The van der Waals surface area contributed by atoms with E-state index < -0.39 is 0 Å². The maximum atomic E-state index is 13.0. The molecule has 2 aromatic carbocycles. The molecule has 0 aliphatic carbocycles. The van der Waals surface area contributed by atoms with Crippen LogP contribution in [0.15, 0.2) is 48.5 Å². The minimum Gasteiger partial charge on any atom is -0.358 e. The second-order valence-electron chi connectivity index (χ2n) is 8.15. The van der Waals surface area contributed by atoms with E-state index in [-0.39, 0.29) is 11.8 Å². The maximum Gasteiger partial charge on any atom is 0.253 e. The van der Waals surface area contributed by atoms with Gasteiger partial charge in [0.05, 0.1) is 0 Å². The summed E-state index contributed by atoms with van der Waals surface area (Å²) in [4.78, 5) is 32.6. The minimum absolute atomic E-state index is 0.0475. The number of aryl methyl sites for hydroxylation is 3. The van der Waals surface area contributed by atoms with E-state index in [2.05, 4.69) is 24.0 Å². The predicted molar refractivity (Wildman–Crippen MR) is 120 cm³/mol. The predicted octanol–water partition coefficient (Wildman–Crippen LogP) is 4.09. The summed E-state index contributed by atoms with van der Waals surface area (Å²) in [6.07, 6.45) is 2.34. The molecule has 30 heavy (non-hydrogen) atoms. The first-order chi connectivity index (χ1) is 14.5. The lowest BCUT2D eigenvalue weighted by atomic mass is 10.1. The minimum atomic E-state index is 0.0475. The van der Waals surface area contributed by atoms with Crippen molar-refractivity contribution in [1.82, 2.24) is 14.8 Å². The fourth-order valence-corrected chi connectivity index (χ4v) is 4.18. The molecule has 1 N–H and O–H groups in total. The van der Waals surface area contributed by atoms with Gasteiger partial charge in [-0.25, -0.2) is 0 Å². The molecule has 2 amide bonds. The van der Waals surface area contributed by atoms with Gasteiger partial charge in [0.25, 0.3) is 5.91 Å². The fourth-order valence-electron chi connectivity index (χ4n) is 4.18. The zero-order chi connectivity index (χ0) is 21.1. The van der Waals surface area contributed by atoms with Gasteiger partial charge in [-0.05, 0) is 56.0 Å². The number of H-pyrrole nitrogens is 1. The lowest BCUT2D eigenvalue weighted by molar-refractivity contribution is -0.132. The highest BCUT2D eigenvalue weighted by Gasteiger charge is 2.25. The van der Waals surface area contributed by atoms with Crippen LogP contribution in [0.5, 0.6) is 0 Å². The highest BCUT2D eigenvalue weighted by Crippen LogP contribution is 2.23. The summed E-state index contributed by atoms with van der Waals surface area (Å²) in [7, 11) is 0. The van der Waals surface area contributed by atoms with E-state index >= 15 is 0 Å². The number of fused-ring (bicyclic) bond motifs is 1. The second kappa shape index (κ2) is 8.74. The molecule has 5 heteroatoms. The molecule has 0 radical (unpaired) electrons. The van der Waals surface area contributed by atoms with E-state index in [9.17, 15) is 9.59 Å². The molecule has 1 aliphatic heterocycles. The van der Waals surface area contributed by atoms with Crippen LogP contribution in [0.3, 0.4) is 0 Å². The third kappa shape index (κ3) is 4.25. The van der Waals surface area contributed by atoms with Crippen molar-refractivity contribution in [3.8, 4) is 0 Å². The summed E-state index contributed by atoms with van der Waals surface area (Å²) in [5.74, 6) is 0.240. The highest BCUT2D eigenvalue weighted by atomic mass is 16.2. The summed E-state index contributed by atoms with van der Waals surface area (Å²) in [5.41, 5.74) is 5.37. The Labute approximate surface area is 177 Å². The van der Waals surface area contributed by atoms with Crippen LogP contribution in [-0.4, -0.2) is 52.8 Å². The number of rotatable bonds is 5. The third-order valence-electron chi connectivity index (χ3n) is 6.17. The van der Waals surface area contributed by atoms with Crippen molar-refractivity contribution in [2.24, 2.45) is 0 Å². The van der Waals surface area contributed by atoms with E-state index in [0.29, 0.717) is 38.2 Å². The number of aromatic nitrogens is 1. The quantitative estimate of drug-likeness (QED) is 0.698. The molecule has 1 aliphatic rings. The zero-order valence-electron chi connectivity index (χ0n) is 17.8. The third-order valence-corrected chi connectivity index (χ3v) is 6.17. The molecule has 156 valence electrons. The highest BCUT2D eigenvalue weighted by molar-refractivity contribution is 5.99. The van der Waals surface area contributed by atoms with Gasteiger partial charge >= 0.3 is 0 Å². The van der Waals surface area contributed by atoms with E-state index in [1.165, 1.54) is 11.1 Å². The van der Waals surface area contributed by atoms with Crippen molar-refractivity contribution in [2.45, 2.75) is 33.1 Å². The van der Waals surface area contributed by atoms with Crippen LogP contribution in [0.25, 0.3) is 10.9 Å². The SMILES string of the molecule is Cc1[nH]c2ccc(C(=O)N3CCN(C(=O)CCCc4ccccc4)CC3)cc2c1C. The molecule has 3 aromatic rings. The Balaban J connectivity index is 1.30. The van der Waals surface area contributed by atoms with Gasteiger partial charge in [0.1, 0.15) is 0 Å². The lowest BCUT2D eigenvalue weighted by Gasteiger charge is -2.35. The average Bonchev–Trinajstić information content (AvgIpc) is 3.07. The number of amides is 2. The van der Waals surface area contributed by atoms with Crippen molar-refractivity contribution in [3.63, 3.8) is 0 Å². The van der Waals surface area contributed by atoms with Crippen LogP contribution in [0, 0.1) is 13.8 Å². The van der Waals surface area contributed by atoms with E-state index in [0.717, 1.165) is 29.4 Å². The number of hydrogen-bond acceptors (Lipinski definition) is 2. The lowest BCUT2D eigenvalue weighted by Crippen LogP contribution is -2.50. The number of aromatic amines is 1. The van der Waals surface area contributed by atoms with Crippen LogP contribution in [0.2, 0.25) is 0 Å². The molecule has 0 bridgehead atoms. The molecule has 1 aromatic heterocycles. The molecule has 0 spiro atoms. The van der Waals surface area contributed by atoms with Gasteiger partial charge in [0.15, 0.2) is 0 Å². The molecule has 5 nitrogen and oxygen atoms in total. The molecule has 0 unspecified atom stereocenters. The van der Waals surface area contributed by atoms with Gasteiger partial charge in [-0.15, -0.1) is 0 Å². The van der Waals surface area contributed by atoms with E-state index in [1.807, 2.05) is 53.1 Å². The molecule has 1 saturated heterocycles. The van der Waals surface area contributed by atoms with Gasteiger partial charge in [-0.2, -0.15) is 0 Å². The normalized spacial score (nSPS) is 14.3. The van der Waals surface area contributed by atoms with Gasteiger partial charge < -0.3 is 14.8 Å². The van der Waals surface area contributed by atoms with Gasteiger partial charge in [-0.1, -0.05) is 30.3 Å². The van der Waals surface area contributed by atoms with Crippen LogP contribution in [0.1, 0.15) is 40.0 Å². The van der Waals surface area contributed by atoms with Gasteiger partial charge in [-0.3, -0.25) is 9.59 Å². The Morgan fingerprint density at radius 3 is 2.37 bits per heavy atom. The van der Waals surface area contributed by atoms with E-state index in [1.54, 1.807) is 0 Å². The molecule has 4 rings (SSSR count). The van der Waals surface area contributed by atoms with Crippen LogP contribution >= 0.6 is 0 Å². The van der Waals surface area contributed by atoms with E-state index in [4.69, 9.17) is 0 Å². The van der Waals surface area contributed by atoms with Crippen molar-refractivity contribution in [3.05, 3.63) is 70.9 Å². The van der Waals surface area contributed by atoms with Crippen LogP contribution in [0.4, 0.5) is 0 Å². The van der Waals surface area contributed by atoms with Crippen molar-refractivity contribution < 1.29 is 9.59 Å². The summed E-state index contributed by atoms with van der Waals surface area (Å²) in [6, 6.07) is 16.1. The Morgan fingerprint density at radius 1 is 0.933 bits per heavy atom. The first-order valence-corrected chi connectivity index (χ1v) is 10.7. The fraction of sp³-hybridized carbons (Fsp3) is 0.360. The molecule has 1 fully saturated rings. The molecule has 2 heterocycles. The summed E-state index contributed by atoms with van der Waals surface area (Å²) >= 11 is 0. The molecule has 0 saturated carbocycles. The number of carbonyl (C=O) groups excluding carboxylic acids is 2. The Kier molecular flexibility index (Phi) is 5.88.